The molecule has 0 aliphatic carbocycles. The number of nitrogens with zero attached hydrogens (tertiary/aromatic N) is 3. The summed E-state index contributed by atoms with van der Waals surface area (Å²) in [6.07, 6.45) is -12.8. The number of ether oxygens (including phenoxy) is 2. The molecule has 1 aromatic heterocycles. The minimum absolute atomic E-state index is 0.0456. The van der Waals surface area contributed by atoms with Crippen LogP contribution in [-0.4, -0.2) is 21.3 Å². The minimum atomic E-state index is -5.09. The zero-order valence-electron chi connectivity index (χ0n) is 19.2. The molecule has 198 valence electrons. The summed E-state index contributed by atoms with van der Waals surface area (Å²) in [5, 5.41) is 17.9. The van der Waals surface area contributed by atoms with Crippen LogP contribution >= 0.6 is 0 Å². The number of hydrogen-bond donors (Lipinski definition) is 0. The maximum atomic E-state index is 13.2. The first kappa shape index (κ1) is 27.4. The quantitative estimate of drug-likeness (QED) is 0.113. The molecule has 1 heterocycles. The molecule has 0 unspecified atom stereocenters. The van der Waals surface area contributed by atoms with Gasteiger partial charge >= 0.3 is 18.5 Å². The molecular weight excluding hydrogens is 516 g/mol. The normalized spacial score (nSPS) is 13.2. The first-order valence-electron chi connectivity index (χ1n) is 10.2. The smallest absolute Gasteiger partial charge is 0.420 e. The van der Waals surface area contributed by atoms with Gasteiger partial charge in [-0.2, -0.15) is 26.3 Å². The Hall–Kier alpha value is -4.17. The van der Waals surface area contributed by atoms with Crippen molar-refractivity contribution in [1.82, 2.24) is 10.2 Å². The molecule has 15 heteroatoms. The van der Waals surface area contributed by atoms with E-state index in [4.69, 9.17) is 13.9 Å². The molecule has 37 heavy (non-hydrogen) atoms. The van der Waals surface area contributed by atoms with E-state index in [-0.39, 0.29) is 17.5 Å². The Bertz CT molecular complexity index is 1260. The third kappa shape index (κ3) is 6.74. The maximum Gasteiger partial charge on any atom is 0.514 e. The molecule has 0 spiro atoms. The number of alkyl halides is 6. The van der Waals surface area contributed by atoms with E-state index >= 15 is 0 Å². The van der Waals surface area contributed by atoms with Crippen LogP contribution in [0, 0.1) is 15.5 Å². The monoisotopic (exact) mass is 533 g/mol. The lowest BCUT2D eigenvalue weighted by molar-refractivity contribution is -0.384. The number of carbonyl (C=O) groups is 1. The average molecular weight is 533 g/mol. The second-order valence-corrected chi connectivity index (χ2v) is 8.71. The Morgan fingerprint density at radius 2 is 1.49 bits per heavy atom. The molecule has 0 amide bonds. The van der Waals surface area contributed by atoms with Gasteiger partial charge in [0, 0.05) is 23.1 Å². The van der Waals surface area contributed by atoms with E-state index in [0.29, 0.717) is 12.1 Å². The number of aromatic nitrogens is 2. The fourth-order valence-corrected chi connectivity index (χ4v) is 2.99. The number of hydrogen-bond acceptors (Lipinski definition) is 8. The lowest BCUT2D eigenvalue weighted by Crippen LogP contribution is -2.26. The van der Waals surface area contributed by atoms with Crippen molar-refractivity contribution in [3.8, 4) is 17.2 Å². The SMILES string of the molecule is CC(C)(C)[C@@H](OC(=O)Oc1ccc([N+](=O)[O-])cc1)c1nnc(-c2cc(C(F)(F)F)cc(C(F)(F)F)c2)o1. The van der Waals surface area contributed by atoms with Crippen molar-refractivity contribution in [3.05, 3.63) is 69.6 Å². The highest BCUT2D eigenvalue weighted by Crippen LogP contribution is 2.40. The number of carbonyl (C=O) groups excluding carboxylic acids is 1. The fourth-order valence-electron chi connectivity index (χ4n) is 2.99. The molecule has 0 bridgehead atoms. The van der Waals surface area contributed by atoms with Crippen LogP contribution in [0.3, 0.4) is 0 Å². The van der Waals surface area contributed by atoms with Gasteiger partial charge in [-0.1, -0.05) is 20.8 Å². The number of rotatable bonds is 5. The van der Waals surface area contributed by atoms with Crippen molar-refractivity contribution >= 4 is 11.8 Å². The van der Waals surface area contributed by atoms with E-state index in [9.17, 15) is 41.3 Å². The second-order valence-electron chi connectivity index (χ2n) is 8.71. The second kappa shape index (κ2) is 9.71. The van der Waals surface area contributed by atoms with Crippen LogP contribution in [0.4, 0.5) is 36.8 Å². The molecule has 2 aromatic carbocycles. The van der Waals surface area contributed by atoms with Crippen LogP contribution in [0.5, 0.6) is 5.75 Å². The Labute approximate surface area is 204 Å². The number of benzene rings is 2. The number of nitro groups is 1. The van der Waals surface area contributed by atoms with Crippen LogP contribution in [0.2, 0.25) is 0 Å². The average Bonchev–Trinajstić information content (AvgIpc) is 3.25. The summed E-state index contributed by atoms with van der Waals surface area (Å²) >= 11 is 0. The first-order valence-corrected chi connectivity index (χ1v) is 10.2. The topological polar surface area (TPSA) is 118 Å². The molecule has 0 N–H and O–H groups in total. The van der Waals surface area contributed by atoms with E-state index < -0.39 is 63.4 Å². The van der Waals surface area contributed by atoms with Crippen molar-refractivity contribution in [2.45, 2.75) is 39.2 Å². The van der Waals surface area contributed by atoms with Gasteiger partial charge < -0.3 is 13.9 Å². The Morgan fingerprint density at radius 1 is 0.946 bits per heavy atom. The highest BCUT2D eigenvalue weighted by molar-refractivity contribution is 5.64. The highest BCUT2D eigenvalue weighted by atomic mass is 19.4. The molecule has 3 aromatic rings. The summed E-state index contributed by atoms with van der Waals surface area (Å²) in [7, 11) is 0. The molecule has 3 rings (SSSR count). The van der Waals surface area contributed by atoms with Gasteiger partial charge in [0.15, 0.2) is 6.10 Å². The van der Waals surface area contributed by atoms with Crippen molar-refractivity contribution in [2.75, 3.05) is 0 Å². The molecule has 1 atom stereocenters. The number of halogens is 6. The van der Waals surface area contributed by atoms with E-state index in [1.807, 2.05) is 0 Å². The van der Waals surface area contributed by atoms with Crippen molar-refractivity contribution in [3.63, 3.8) is 0 Å². The van der Waals surface area contributed by atoms with Crippen LogP contribution in [-0.2, 0) is 17.1 Å². The fraction of sp³-hybridized carbons (Fsp3) is 0.318. The van der Waals surface area contributed by atoms with Crippen LogP contribution in [0.1, 0.15) is 43.9 Å². The van der Waals surface area contributed by atoms with Crippen LogP contribution < -0.4 is 4.74 Å². The largest absolute Gasteiger partial charge is 0.514 e. The van der Waals surface area contributed by atoms with E-state index in [1.54, 1.807) is 20.8 Å². The number of nitro benzene ring substituents is 1. The van der Waals surface area contributed by atoms with Gasteiger partial charge in [0.1, 0.15) is 5.75 Å². The van der Waals surface area contributed by atoms with Crippen molar-refractivity contribution < 1.29 is 50.0 Å². The van der Waals surface area contributed by atoms with Crippen LogP contribution in [0.25, 0.3) is 11.5 Å². The third-order valence-electron chi connectivity index (χ3n) is 4.75. The third-order valence-corrected chi connectivity index (χ3v) is 4.75. The highest BCUT2D eigenvalue weighted by Gasteiger charge is 2.39. The van der Waals surface area contributed by atoms with Gasteiger partial charge in [0.05, 0.1) is 16.1 Å². The molecule has 0 saturated carbocycles. The molecule has 0 aliphatic rings. The molecule has 9 nitrogen and oxygen atoms in total. The predicted molar refractivity (Wildman–Crippen MR) is 112 cm³/mol. The standard InChI is InChI=1S/C22H17F6N3O6/c1-20(2,3)16(36-19(32)35-15-6-4-14(5-7-15)31(33)34)18-30-29-17(37-18)11-8-12(21(23,24)25)10-13(9-11)22(26,27)28/h4-10,16H,1-3H3/t16-/m0/s1. The zero-order chi connectivity index (χ0) is 27.8. The lowest BCUT2D eigenvalue weighted by atomic mass is 9.89. The maximum absolute atomic E-state index is 13.2. The van der Waals surface area contributed by atoms with E-state index in [1.165, 1.54) is 0 Å². The Kier molecular flexibility index (Phi) is 7.19. The van der Waals surface area contributed by atoms with Gasteiger partial charge in [0.2, 0.25) is 5.89 Å². The van der Waals surface area contributed by atoms with Gasteiger partial charge in [0.25, 0.3) is 11.6 Å². The van der Waals surface area contributed by atoms with Gasteiger partial charge in [-0.3, -0.25) is 10.1 Å². The summed E-state index contributed by atoms with van der Waals surface area (Å²) in [5.74, 6) is -1.19. The predicted octanol–water partition coefficient (Wildman–Crippen LogP) is 6.99. The summed E-state index contributed by atoms with van der Waals surface area (Å²) < 4.78 is 94.6. The number of non-ortho nitro benzene ring substituents is 1. The van der Waals surface area contributed by atoms with Crippen molar-refractivity contribution in [1.29, 1.82) is 0 Å². The molecule has 0 saturated heterocycles. The minimum Gasteiger partial charge on any atom is -0.420 e. The van der Waals surface area contributed by atoms with Gasteiger partial charge in [-0.15, -0.1) is 10.2 Å². The summed E-state index contributed by atoms with van der Waals surface area (Å²) in [5.41, 5.74) is -5.01. The first-order chi connectivity index (χ1) is 16.9. The Balaban J connectivity index is 1.90. The summed E-state index contributed by atoms with van der Waals surface area (Å²) in [4.78, 5) is 22.4. The summed E-state index contributed by atoms with van der Waals surface area (Å²) in [6.45, 7) is 4.73. The Morgan fingerprint density at radius 3 is 1.95 bits per heavy atom. The van der Waals surface area contributed by atoms with Crippen molar-refractivity contribution in [2.24, 2.45) is 5.41 Å². The lowest BCUT2D eigenvalue weighted by Gasteiger charge is -2.26. The molecule has 0 fully saturated rings. The molecular formula is C22H17F6N3O6. The van der Waals surface area contributed by atoms with Gasteiger partial charge in [-0.05, 0) is 30.3 Å². The van der Waals surface area contributed by atoms with Gasteiger partial charge in [-0.25, -0.2) is 4.79 Å². The molecule has 0 aliphatic heterocycles. The van der Waals surface area contributed by atoms with Crippen LogP contribution in [0.15, 0.2) is 46.9 Å². The molecule has 0 radical (unpaired) electrons. The van der Waals surface area contributed by atoms with E-state index in [2.05, 4.69) is 10.2 Å². The summed E-state index contributed by atoms with van der Waals surface area (Å²) in [6, 6.07) is 5.24. The zero-order valence-corrected chi connectivity index (χ0v) is 19.2. The van der Waals surface area contributed by atoms with E-state index in [0.717, 1.165) is 24.3 Å².